The second-order valence-corrected chi connectivity index (χ2v) is 7.82. The first-order valence-electron chi connectivity index (χ1n) is 9.70. The highest BCUT2D eigenvalue weighted by Crippen LogP contribution is 2.45. The predicted molar refractivity (Wildman–Crippen MR) is 127 cm³/mol. The van der Waals surface area contributed by atoms with Gasteiger partial charge in [0.05, 0.1) is 30.0 Å². The third kappa shape index (κ3) is 4.25. The van der Waals surface area contributed by atoms with Gasteiger partial charge in [0.25, 0.3) is 0 Å². The zero-order valence-corrected chi connectivity index (χ0v) is 19.0. The van der Waals surface area contributed by atoms with Crippen molar-refractivity contribution >= 4 is 40.9 Å². The molecule has 166 valence electrons. The first kappa shape index (κ1) is 22.0. The number of halogens is 2. The van der Waals surface area contributed by atoms with E-state index in [1.807, 2.05) is 30.3 Å². The van der Waals surface area contributed by atoms with E-state index in [1.165, 1.54) is 14.2 Å². The number of nitrogen functional groups attached to an aromatic ring is 1. The minimum Gasteiger partial charge on any atom is -0.495 e. The number of hydrogen-bond acceptors (Lipinski definition) is 8. The van der Waals surface area contributed by atoms with Crippen molar-refractivity contribution in [3.63, 3.8) is 0 Å². The Morgan fingerprint density at radius 1 is 1.09 bits per heavy atom. The molecule has 10 heteroatoms. The lowest BCUT2D eigenvalue weighted by Gasteiger charge is -2.17. The summed E-state index contributed by atoms with van der Waals surface area (Å²) in [5.41, 5.74) is 14.5. The van der Waals surface area contributed by atoms with Crippen molar-refractivity contribution in [1.82, 2.24) is 10.3 Å². The normalized spacial score (nSPS) is 14.5. The van der Waals surface area contributed by atoms with Crippen LogP contribution >= 0.6 is 23.2 Å². The number of fused-ring (bicyclic) bond motifs is 1. The molecule has 0 saturated heterocycles. The van der Waals surface area contributed by atoms with Gasteiger partial charge in [0.2, 0.25) is 0 Å². The highest BCUT2D eigenvalue weighted by molar-refractivity contribution is 6.41. The van der Waals surface area contributed by atoms with E-state index in [0.29, 0.717) is 56.2 Å². The number of aromatic nitrogens is 1. The molecule has 0 spiro atoms. The van der Waals surface area contributed by atoms with Gasteiger partial charge in [-0.25, -0.2) is 9.98 Å². The number of benzene rings is 2. The molecule has 0 aliphatic carbocycles. The van der Waals surface area contributed by atoms with Gasteiger partial charge in [-0.15, -0.1) is 0 Å². The molecule has 1 aromatic heterocycles. The first-order valence-corrected chi connectivity index (χ1v) is 10.5. The van der Waals surface area contributed by atoms with Gasteiger partial charge in [0, 0.05) is 35.3 Å². The van der Waals surface area contributed by atoms with E-state index in [9.17, 15) is 0 Å². The van der Waals surface area contributed by atoms with Crippen LogP contribution in [0.5, 0.6) is 11.5 Å². The fourth-order valence-corrected chi connectivity index (χ4v) is 4.10. The van der Waals surface area contributed by atoms with Gasteiger partial charge >= 0.3 is 0 Å². The molecule has 2 aromatic carbocycles. The van der Waals surface area contributed by atoms with Crippen LogP contribution in [0.3, 0.4) is 0 Å². The predicted octanol–water partition coefficient (Wildman–Crippen LogP) is 2.47. The van der Waals surface area contributed by atoms with Crippen molar-refractivity contribution in [2.24, 2.45) is 10.7 Å². The van der Waals surface area contributed by atoms with Crippen LogP contribution in [0.25, 0.3) is 17.5 Å². The molecule has 1 aliphatic heterocycles. The molecule has 1 aliphatic rings. The molecule has 4 rings (SSSR count). The lowest BCUT2D eigenvalue weighted by molar-refractivity contribution is 0.395. The van der Waals surface area contributed by atoms with Crippen LogP contribution in [0.4, 0.5) is 11.5 Å². The van der Waals surface area contributed by atoms with Crippen LogP contribution in [0.15, 0.2) is 41.4 Å². The van der Waals surface area contributed by atoms with Crippen molar-refractivity contribution in [3.05, 3.63) is 62.6 Å². The molecule has 2 heterocycles. The highest BCUT2D eigenvalue weighted by Gasteiger charge is 2.21. The van der Waals surface area contributed by atoms with E-state index < -0.39 is 6.29 Å². The van der Waals surface area contributed by atoms with Gasteiger partial charge in [-0.2, -0.15) is 0 Å². The molecule has 1 atom stereocenters. The first-order chi connectivity index (χ1) is 15.4. The Morgan fingerprint density at radius 3 is 2.47 bits per heavy atom. The van der Waals surface area contributed by atoms with Gasteiger partial charge in [-0.3, -0.25) is 5.73 Å². The molecule has 0 bridgehead atoms. The molecular formula is C22H22Cl2N6O2. The van der Waals surface area contributed by atoms with E-state index in [-0.39, 0.29) is 0 Å². The smallest absolute Gasteiger partial charge is 0.171 e. The molecule has 6 N–H and O–H groups in total. The number of anilines is 2. The van der Waals surface area contributed by atoms with E-state index in [0.717, 1.165) is 10.8 Å². The van der Waals surface area contributed by atoms with Crippen molar-refractivity contribution < 1.29 is 9.47 Å². The Hall–Kier alpha value is -3.20. The zero-order valence-electron chi connectivity index (χ0n) is 17.4. The van der Waals surface area contributed by atoms with Crippen LogP contribution in [-0.2, 0) is 6.54 Å². The maximum absolute atomic E-state index is 6.62. The van der Waals surface area contributed by atoms with Crippen LogP contribution < -0.4 is 42.2 Å². The summed E-state index contributed by atoms with van der Waals surface area (Å²) in [5, 5.41) is 8.39. The molecule has 8 nitrogen and oxygen atoms in total. The monoisotopic (exact) mass is 472 g/mol. The third-order valence-corrected chi connectivity index (χ3v) is 5.69. The molecule has 0 amide bonds. The average molecular weight is 473 g/mol. The van der Waals surface area contributed by atoms with Crippen molar-refractivity contribution in [2.75, 3.05) is 25.3 Å². The molecule has 0 radical (unpaired) electrons. The topological polar surface area (TPSA) is 120 Å². The Kier molecular flexibility index (Phi) is 6.27. The Morgan fingerprint density at radius 2 is 1.81 bits per heavy atom. The molecule has 3 aromatic rings. The summed E-state index contributed by atoms with van der Waals surface area (Å²) in [5.74, 6) is 1.37. The minimum atomic E-state index is -0.577. The quantitative estimate of drug-likeness (QED) is 0.406. The minimum absolute atomic E-state index is 0.324. The standard InChI is InChI=1S/C22H22Cl2N6O2/c1-31-15-8-16(32-2)19(24)17(18(15)23)14-7-12-10-28-22(26)30-20(12)21(29-14)27-9-11-4-3-5-13(25)6-11/h3-8,10,22,28H,9,25-26H2,1-2H3,(H,27,29). The molecule has 1 unspecified atom stereocenters. The second-order valence-electron chi connectivity index (χ2n) is 7.06. The SMILES string of the molecule is COc1cc(OC)c(Cl)c(-c2cc3c(c(NCc4cccc(N)c4)n2)=NC(N)NC=3)c1Cl. The average Bonchev–Trinajstić information content (AvgIpc) is 2.78. The molecular weight excluding hydrogens is 451 g/mol. The van der Waals surface area contributed by atoms with Crippen molar-refractivity contribution in [1.29, 1.82) is 0 Å². The van der Waals surface area contributed by atoms with Crippen LogP contribution in [-0.4, -0.2) is 25.5 Å². The Bertz CT molecular complexity index is 1270. The fourth-order valence-electron chi connectivity index (χ4n) is 3.41. The van der Waals surface area contributed by atoms with Gasteiger partial charge in [-0.1, -0.05) is 35.3 Å². The summed E-state index contributed by atoms with van der Waals surface area (Å²) in [7, 11) is 3.05. The number of nitrogens with two attached hydrogens (primary N) is 2. The maximum Gasteiger partial charge on any atom is 0.171 e. The molecule has 0 fully saturated rings. The third-order valence-electron chi connectivity index (χ3n) is 4.94. The van der Waals surface area contributed by atoms with Crippen LogP contribution in [0.2, 0.25) is 10.0 Å². The summed E-state index contributed by atoms with van der Waals surface area (Å²) in [6.45, 7) is 0.481. The van der Waals surface area contributed by atoms with Gasteiger partial charge in [0.15, 0.2) is 12.1 Å². The second kappa shape index (κ2) is 9.12. The zero-order chi connectivity index (χ0) is 22.8. The number of nitrogens with one attached hydrogen (secondary N) is 2. The maximum atomic E-state index is 6.62. The lowest BCUT2D eigenvalue weighted by atomic mass is 10.1. The van der Waals surface area contributed by atoms with Gasteiger partial charge < -0.3 is 25.8 Å². The lowest BCUT2D eigenvalue weighted by Crippen LogP contribution is -2.45. The van der Waals surface area contributed by atoms with Gasteiger partial charge in [0.1, 0.15) is 16.9 Å². The van der Waals surface area contributed by atoms with E-state index in [4.69, 9.17) is 49.1 Å². The fraction of sp³-hybridized carbons (Fsp3) is 0.182. The molecule has 0 saturated carbocycles. The highest BCUT2D eigenvalue weighted by atomic mass is 35.5. The summed E-state index contributed by atoms with van der Waals surface area (Å²) in [6, 6.07) is 11.0. The number of pyridine rings is 1. The number of nitrogens with zero attached hydrogens (tertiary/aromatic N) is 2. The number of ether oxygens (including phenoxy) is 2. The number of methoxy groups -OCH3 is 2. The molecule has 32 heavy (non-hydrogen) atoms. The largest absolute Gasteiger partial charge is 0.495 e. The van der Waals surface area contributed by atoms with Crippen LogP contribution in [0.1, 0.15) is 5.56 Å². The van der Waals surface area contributed by atoms with Crippen LogP contribution in [0, 0.1) is 0 Å². The van der Waals surface area contributed by atoms with E-state index in [2.05, 4.69) is 15.6 Å². The summed E-state index contributed by atoms with van der Waals surface area (Å²) < 4.78 is 10.8. The van der Waals surface area contributed by atoms with E-state index >= 15 is 0 Å². The number of hydrogen-bond donors (Lipinski definition) is 4. The van der Waals surface area contributed by atoms with E-state index in [1.54, 1.807) is 12.3 Å². The summed E-state index contributed by atoms with van der Waals surface area (Å²) in [6.07, 6.45) is 1.20. The van der Waals surface area contributed by atoms with Crippen molar-refractivity contribution in [3.8, 4) is 22.8 Å². The Balaban J connectivity index is 1.87. The van der Waals surface area contributed by atoms with Crippen molar-refractivity contribution in [2.45, 2.75) is 12.8 Å². The summed E-state index contributed by atoms with van der Waals surface area (Å²) in [4.78, 5) is 9.27. The van der Waals surface area contributed by atoms with Gasteiger partial charge in [-0.05, 0) is 23.8 Å². The number of rotatable bonds is 6. The Labute approximate surface area is 194 Å². The summed E-state index contributed by atoms with van der Waals surface area (Å²) >= 11 is 13.2.